The smallest absolute Gasteiger partial charge is 0.0524 e. The van der Waals surface area contributed by atoms with Gasteiger partial charge in [0.15, 0.2) is 0 Å². The summed E-state index contributed by atoms with van der Waals surface area (Å²) >= 11 is 5.98. The Kier molecular flexibility index (Phi) is 5.92. The third-order valence-electron chi connectivity index (χ3n) is 2.89. The standard InChI is InChI=1S/C13H21ClN2O/c1-10(17)6-7-16(2)13(9-15)11-4-3-5-12(14)8-11/h3-5,8,10,13,17H,6-7,9,15H2,1-2H3. The van der Waals surface area contributed by atoms with Crippen LogP contribution in [0.25, 0.3) is 0 Å². The van der Waals surface area contributed by atoms with Gasteiger partial charge in [-0.05, 0) is 38.1 Å². The molecule has 1 aromatic rings. The number of nitrogens with zero attached hydrogens (tertiary/aromatic N) is 1. The van der Waals surface area contributed by atoms with Crippen molar-refractivity contribution in [3.05, 3.63) is 34.9 Å². The molecule has 0 aliphatic carbocycles. The number of aliphatic hydroxyl groups excluding tert-OH is 1. The van der Waals surface area contributed by atoms with Crippen LogP contribution in [-0.2, 0) is 0 Å². The van der Waals surface area contributed by atoms with E-state index in [4.69, 9.17) is 17.3 Å². The van der Waals surface area contributed by atoms with Crippen LogP contribution in [-0.4, -0.2) is 36.2 Å². The Hall–Kier alpha value is -0.610. The van der Waals surface area contributed by atoms with Gasteiger partial charge in [0.2, 0.25) is 0 Å². The molecule has 0 aliphatic heterocycles. The Bertz CT molecular complexity index is 344. The zero-order valence-corrected chi connectivity index (χ0v) is 11.2. The van der Waals surface area contributed by atoms with Crippen LogP contribution in [0.1, 0.15) is 24.9 Å². The van der Waals surface area contributed by atoms with Gasteiger partial charge in [0, 0.05) is 24.2 Å². The summed E-state index contributed by atoms with van der Waals surface area (Å²) in [7, 11) is 2.01. The molecule has 3 nitrogen and oxygen atoms in total. The number of nitrogens with two attached hydrogens (primary N) is 1. The lowest BCUT2D eigenvalue weighted by atomic mass is 10.1. The number of benzene rings is 1. The van der Waals surface area contributed by atoms with Crippen LogP contribution in [0.3, 0.4) is 0 Å². The van der Waals surface area contributed by atoms with Crippen molar-refractivity contribution in [3.63, 3.8) is 0 Å². The summed E-state index contributed by atoms with van der Waals surface area (Å²) < 4.78 is 0. The van der Waals surface area contributed by atoms with E-state index in [2.05, 4.69) is 4.90 Å². The fourth-order valence-corrected chi connectivity index (χ4v) is 2.03. The van der Waals surface area contributed by atoms with E-state index in [1.165, 1.54) is 0 Å². The van der Waals surface area contributed by atoms with Gasteiger partial charge in [-0.3, -0.25) is 4.90 Å². The van der Waals surface area contributed by atoms with Crippen molar-refractivity contribution >= 4 is 11.6 Å². The van der Waals surface area contributed by atoms with E-state index >= 15 is 0 Å². The number of hydrogen-bond donors (Lipinski definition) is 2. The zero-order chi connectivity index (χ0) is 12.8. The minimum atomic E-state index is -0.282. The van der Waals surface area contributed by atoms with Gasteiger partial charge in [-0.2, -0.15) is 0 Å². The molecule has 0 amide bonds. The number of rotatable bonds is 6. The van der Waals surface area contributed by atoms with Crippen LogP contribution in [0, 0.1) is 0 Å². The van der Waals surface area contributed by atoms with Gasteiger partial charge in [-0.1, -0.05) is 23.7 Å². The molecule has 0 aromatic heterocycles. The molecule has 0 aliphatic rings. The highest BCUT2D eigenvalue weighted by Crippen LogP contribution is 2.21. The Balaban J connectivity index is 2.70. The molecule has 0 radical (unpaired) electrons. The molecule has 0 saturated heterocycles. The van der Waals surface area contributed by atoms with E-state index in [1.54, 1.807) is 6.92 Å². The summed E-state index contributed by atoms with van der Waals surface area (Å²) in [5, 5.41) is 10.0. The maximum Gasteiger partial charge on any atom is 0.0524 e. The van der Waals surface area contributed by atoms with E-state index in [-0.39, 0.29) is 12.1 Å². The van der Waals surface area contributed by atoms with E-state index in [0.717, 1.165) is 23.6 Å². The van der Waals surface area contributed by atoms with E-state index in [9.17, 15) is 5.11 Å². The monoisotopic (exact) mass is 256 g/mol. The molecule has 0 fully saturated rings. The lowest BCUT2D eigenvalue weighted by molar-refractivity contribution is 0.150. The molecule has 4 heteroatoms. The van der Waals surface area contributed by atoms with Crippen LogP contribution in [0.2, 0.25) is 5.02 Å². The fraction of sp³-hybridized carbons (Fsp3) is 0.538. The molecule has 0 saturated carbocycles. The average Bonchev–Trinajstić information content (AvgIpc) is 2.27. The molecule has 2 atom stereocenters. The van der Waals surface area contributed by atoms with Gasteiger partial charge in [0.25, 0.3) is 0 Å². The highest BCUT2D eigenvalue weighted by molar-refractivity contribution is 6.30. The molecule has 1 aromatic carbocycles. The molecule has 0 bridgehead atoms. The molecule has 0 heterocycles. The van der Waals surface area contributed by atoms with Gasteiger partial charge < -0.3 is 10.8 Å². The van der Waals surface area contributed by atoms with Crippen LogP contribution < -0.4 is 5.73 Å². The van der Waals surface area contributed by atoms with Crippen LogP contribution in [0.4, 0.5) is 0 Å². The van der Waals surface area contributed by atoms with Gasteiger partial charge >= 0.3 is 0 Å². The minimum Gasteiger partial charge on any atom is -0.393 e. The Labute approximate surface area is 108 Å². The summed E-state index contributed by atoms with van der Waals surface area (Å²) in [4.78, 5) is 2.15. The van der Waals surface area contributed by atoms with Crippen molar-refractivity contribution < 1.29 is 5.11 Å². The Morgan fingerprint density at radius 3 is 2.71 bits per heavy atom. The normalized spacial score (nSPS) is 14.9. The van der Waals surface area contributed by atoms with Crippen molar-refractivity contribution in [2.45, 2.75) is 25.5 Å². The first-order valence-electron chi connectivity index (χ1n) is 5.88. The second kappa shape index (κ2) is 6.97. The first kappa shape index (κ1) is 14.5. The number of aliphatic hydroxyl groups is 1. The Morgan fingerprint density at radius 2 is 2.18 bits per heavy atom. The molecular formula is C13H21ClN2O. The summed E-state index contributed by atoms with van der Waals surface area (Å²) in [6, 6.07) is 7.91. The largest absolute Gasteiger partial charge is 0.393 e. The lowest BCUT2D eigenvalue weighted by Gasteiger charge is -2.27. The SMILES string of the molecule is CC(O)CCN(C)C(CN)c1cccc(Cl)c1. The van der Waals surface area contributed by atoms with Crippen molar-refractivity contribution in [1.82, 2.24) is 4.90 Å². The van der Waals surface area contributed by atoms with E-state index in [0.29, 0.717) is 6.54 Å². The summed E-state index contributed by atoms with van der Waals surface area (Å²) in [6.45, 7) is 3.15. The topological polar surface area (TPSA) is 49.5 Å². The molecule has 0 spiro atoms. The van der Waals surface area contributed by atoms with Crippen molar-refractivity contribution in [2.75, 3.05) is 20.1 Å². The highest BCUT2D eigenvalue weighted by atomic mass is 35.5. The molecule has 17 heavy (non-hydrogen) atoms. The minimum absolute atomic E-state index is 0.146. The Morgan fingerprint density at radius 1 is 1.47 bits per heavy atom. The third-order valence-corrected chi connectivity index (χ3v) is 3.12. The quantitative estimate of drug-likeness (QED) is 0.819. The highest BCUT2D eigenvalue weighted by Gasteiger charge is 2.15. The van der Waals surface area contributed by atoms with Crippen molar-refractivity contribution in [1.29, 1.82) is 0 Å². The van der Waals surface area contributed by atoms with Gasteiger partial charge in [-0.25, -0.2) is 0 Å². The second-order valence-electron chi connectivity index (χ2n) is 4.42. The second-order valence-corrected chi connectivity index (χ2v) is 4.86. The first-order valence-corrected chi connectivity index (χ1v) is 6.26. The van der Waals surface area contributed by atoms with Crippen molar-refractivity contribution in [2.24, 2.45) is 5.73 Å². The summed E-state index contributed by atoms with van der Waals surface area (Å²) in [5.41, 5.74) is 6.93. The van der Waals surface area contributed by atoms with Crippen LogP contribution in [0.15, 0.2) is 24.3 Å². The molecular weight excluding hydrogens is 236 g/mol. The molecule has 1 rings (SSSR count). The maximum atomic E-state index is 9.29. The molecule has 2 unspecified atom stereocenters. The van der Waals surface area contributed by atoms with Crippen LogP contribution in [0.5, 0.6) is 0 Å². The fourth-order valence-electron chi connectivity index (χ4n) is 1.83. The molecule has 96 valence electrons. The average molecular weight is 257 g/mol. The maximum absolute atomic E-state index is 9.29. The van der Waals surface area contributed by atoms with E-state index in [1.807, 2.05) is 31.3 Å². The summed E-state index contributed by atoms with van der Waals surface area (Å²) in [5.74, 6) is 0. The predicted octanol–water partition coefficient (Wildman–Crippen LogP) is 2.04. The number of halogens is 1. The van der Waals surface area contributed by atoms with Gasteiger partial charge in [-0.15, -0.1) is 0 Å². The van der Waals surface area contributed by atoms with Crippen LogP contribution >= 0.6 is 11.6 Å². The number of hydrogen-bond acceptors (Lipinski definition) is 3. The first-order chi connectivity index (χ1) is 8.04. The van der Waals surface area contributed by atoms with Gasteiger partial charge in [0.05, 0.1) is 6.10 Å². The zero-order valence-electron chi connectivity index (χ0n) is 10.4. The van der Waals surface area contributed by atoms with Gasteiger partial charge in [0.1, 0.15) is 0 Å². The summed E-state index contributed by atoms with van der Waals surface area (Å²) in [6.07, 6.45) is 0.461. The lowest BCUT2D eigenvalue weighted by Crippen LogP contribution is -2.32. The van der Waals surface area contributed by atoms with E-state index < -0.39 is 0 Å². The predicted molar refractivity (Wildman–Crippen MR) is 72.2 cm³/mol. The molecule has 3 N–H and O–H groups in total. The number of likely N-dealkylation sites (N-methyl/N-ethyl adjacent to an activating group) is 1. The van der Waals surface area contributed by atoms with Crippen molar-refractivity contribution in [3.8, 4) is 0 Å². The third kappa shape index (κ3) is 4.64.